The second kappa shape index (κ2) is 6.92. The van der Waals surface area contributed by atoms with Crippen LogP contribution in [0, 0.1) is 0 Å². The van der Waals surface area contributed by atoms with E-state index in [2.05, 4.69) is 0 Å². The third-order valence-corrected chi connectivity index (χ3v) is 4.48. The van der Waals surface area contributed by atoms with E-state index in [1.165, 1.54) is 17.4 Å². The van der Waals surface area contributed by atoms with E-state index >= 15 is 0 Å². The van der Waals surface area contributed by atoms with E-state index < -0.39 is 33.0 Å². The summed E-state index contributed by atoms with van der Waals surface area (Å²) < 4.78 is 44.4. The monoisotopic (exact) mass is 339 g/mol. The van der Waals surface area contributed by atoms with Crippen LogP contribution < -0.4 is 29.6 Å². The summed E-state index contributed by atoms with van der Waals surface area (Å²) in [6, 6.07) is 1.60. The van der Waals surface area contributed by atoms with E-state index in [0.29, 0.717) is 5.56 Å². The number of amides is 1. The van der Waals surface area contributed by atoms with Crippen molar-refractivity contribution in [2.24, 2.45) is 0 Å². The van der Waals surface area contributed by atoms with Gasteiger partial charge in [-0.25, -0.2) is 13.2 Å². The molecule has 1 amide bonds. The standard InChI is InChI=1S/C13H19NO6S.Na/c1-13(2,3)20-12(15)14-6-10(9-4-5-19-8-9)11(7-14)21(16,17)18;/h4-5,8,10-11H,6-7H2,1-3H3,(H,16,17,18);/q;+1/p-1. The molecule has 1 aliphatic heterocycles. The molecule has 1 aliphatic rings. The number of ether oxygens (including phenoxy) is 1. The summed E-state index contributed by atoms with van der Waals surface area (Å²) in [6.45, 7) is 5.10. The molecule has 1 fully saturated rings. The molecule has 7 nitrogen and oxygen atoms in total. The molecule has 2 atom stereocenters. The normalized spacial score (nSPS) is 22.3. The third kappa shape index (κ3) is 4.73. The Labute approximate surface area is 152 Å². The van der Waals surface area contributed by atoms with Gasteiger partial charge in [0, 0.05) is 19.0 Å². The van der Waals surface area contributed by atoms with Gasteiger partial charge < -0.3 is 18.6 Å². The molecule has 0 saturated carbocycles. The quantitative estimate of drug-likeness (QED) is 0.482. The topological polar surface area (TPSA) is 99.9 Å². The first kappa shape index (κ1) is 19.5. The van der Waals surface area contributed by atoms with Crippen molar-refractivity contribution in [1.29, 1.82) is 0 Å². The van der Waals surface area contributed by atoms with Gasteiger partial charge in [-0.15, -0.1) is 0 Å². The number of carbonyl (C=O) groups excluding carboxylic acids is 1. The Kier molecular flexibility index (Phi) is 6.14. The summed E-state index contributed by atoms with van der Waals surface area (Å²) in [5.74, 6) is -0.598. The third-order valence-electron chi connectivity index (χ3n) is 3.26. The van der Waals surface area contributed by atoms with Crippen LogP contribution in [0.3, 0.4) is 0 Å². The maximum atomic E-state index is 12.0. The molecule has 0 bridgehead atoms. The van der Waals surface area contributed by atoms with Gasteiger partial charge in [0.25, 0.3) is 0 Å². The van der Waals surface area contributed by atoms with Crippen molar-refractivity contribution in [3.05, 3.63) is 24.2 Å². The van der Waals surface area contributed by atoms with E-state index in [4.69, 9.17) is 9.15 Å². The van der Waals surface area contributed by atoms with Gasteiger partial charge in [-0.2, -0.15) is 0 Å². The predicted molar refractivity (Wildman–Crippen MR) is 72.7 cm³/mol. The number of rotatable bonds is 2. The summed E-state index contributed by atoms with van der Waals surface area (Å²) in [4.78, 5) is 13.3. The van der Waals surface area contributed by atoms with Crippen LogP contribution in [0.25, 0.3) is 0 Å². The molecule has 1 aromatic heterocycles. The second-order valence-electron chi connectivity index (χ2n) is 6.08. The smallest absolute Gasteiger partial charge is 0.748 e. The van der Waals surface area contributed by atoms with Crippen molar-refractivity contribution in [1.82, 2.24) is 4.90 Å². The van der Waals surface area contributed by atoms with Gasteiger partial charge in [0.2, 0.25) is 0 Å². The Morgan fingerprint density at radius 3 is 2.50 bits per heavy atom. The van der Waals surface area contributed by atoms with E-state index in [1.807, 2.05) is 0 Å². The van der Waals surface area contributed by atoms with E-state index in [0.717, 1.165) is 0 Å². The Hall–Kier alpha value is -0.540. The molecule has 9 heteroatoms. The molecule has 0 radical (unpaired) electrons. The molecular weight excluding hydrogens is 321 g/mol. The van der Waals surface area contributed by atoms with Crippen LogP contribution in [0.4, 0.5) is 4.79 Å². The van der Waals surface area contributed by atoms with Crippen LogP contribution in [-0.4, -0.2) is 47.9 Å². The van der Waals surface area contributed by atoms with Crippen molar-refractivity contribution in [2.75, 3.05) is 13.1 Å². The van der Waals surface area contributed by atoms with E-state index in [1.54, 1.807) is 26.8 Å². The molecular formula is C13H18NNaO6S. The van der Waals surface area contributed by atoms with E-state index in [-0.39, 0.29) is 42.6 Å². The summed E-state index contributed by atoms with van der Waals surface area (Å²) in [7, 11) is -4.53. The predicted octanol–water partition coefficient (Wildman–Crippen LogP) is -1.47. The minimum absolute atomic E-state index is 0. The molecule has 0 N–H and O–H groups in total. The van der Waals surface area contributed by atoms with Gasteiger partial charge >= 0.3 is 35.7 Å². The zero-order valence-corrected chi connectivity index (χ0v) is 15.9. The Morgan fingerprint density at radius 1 is 1.41 bits per heavy atom. The maximum Gasteiger partial charge on any atom is 1.00 e. The van der Waals surface area contributed by atoms with Gasteiger partial charge in [-0.3, -0.25) is 0 Å². The summed E-state index contributed by atoms with van der Waals surface area (Å²) >= 11 is 0. The Bertz CT molecular complexity index is 607. The van der Waals surface area contributed by atoms with Gasteiger partial charge in [-0.05, 0) is 32.4 Å². The molecule has 2 heterocycles. The fourth-order valence-electron chi connectivity index (χ4n) is 2.35. The number of hydrogen-bond acceptors (Lipinski definition) is 6. The number of furan rings is 1. The largest absolute Gasteiger partial charge is 1.00 e. The summed E-state index contributed by atoms with van der Waals surface area (Å²) in [5.41, 5.74) is -0.0955. The number of nitrogens with zero attached hydrogens (tertiary/aromatic N) is 1. The molecule has 1 aromatic rings. The molecule has 2 rings (SSSR count). The second-order valence-corrected chi connectivity index (χ2v) is 7.67. The number of hydrogen-bond donors (Lipinski definition) is 0. The number of likely N-dealkylation sites (tertiary alicyclic amines) is 1. The molecule has 22 heavy (non-hydrogen) atoms. The fraction of sp³-hybridized carbons (Fsp3) is 0.615. The van der Waals surface area contributed by atoms with Crippen LogP contribution in [-0.2, 0) is 14.9 Å². The van der Waals surface area contributed by atoms with Crippen molar-refractivity contribution in [3.8, 4) is 0 Å². The first-order chi connectivity index (χ1) is 9.58. The van der Waals surface area contributed by atoms with Gasteiger partial charge in [0.1, 0.15) is 5.60 Å². The molecule has 1 saturated heterocycles. The summed E-state index contributed by atoms with van der Waals surface area (Å²) in [6.07, 6.45) is 2.17. The average Bonchev–Trinajstić information content (AvgIpc) is 2.94. The minimum Gasteiger partial charge on any atom is -0.748 e. The van der Waals surface area contributed by atoms with Crippen LogP contribution in [0.15, 0.2) is 23.0 Å². The minimum atomic E-state index is -4.53. The van der Waals surface area contributed by atoms with Crippen molar-refractivity contribution in [3.63, 3.8) is 0 Å². The maximum absolute atomic E-state index is 12.0. The summed E-state index contributed by atoms with van der Waals surface area (Å²) in [5, 5.41) is -1.19. The van der Waals surface area contributed by atoms with Crippen LogP contribution >= 0.6 is 0 Å². The molecule has 118 valence electrons. The molecule has 0 spiro atoms. The van der Waals surface area contributed by atoms with Crippen LogP contribution in [0.2, 0.25) is 0 Å². The zero-order valence-electron chi connectivity index (χ0n) is 13.1. The van der Waals surface area contributed by atoms with Crippen molar-refractivity contribution < 1.29 is 56.5 Å². The first-order valence-corrected chi connectivity index (χ1v) is 8.00. The van der Waals surface area contributed by atoms with Crippen LogP contribution in [0.1, 0.15) is 32.3 Å². The average molecular weight is 339 g/mol. The van der Waals surface area contributed by atoms with Gasteiger partial charge in [0.15, 0.2) is 0 Å². The molecule has 2 unspecified atom stereocenters. The zero-order chi connectivity index (χ0) is 15.8. The van der Waals surface area contributed by atoms with Crippen molar-refractivity contribution >= 4 is 16.2 Å². The number of carbonyl (C=O) groups is 1. The van der Waals surface area contributed by atoms with Gasteiger partial charge in [-0.1, -0.05) is 0 Å². The van der Waals surface area contributed by atoms with Crippen molar-refractivity contribution in [2.45, 2.75) is 37.5 Å². The first-order valence-electron chi connectivity index (χ1n) is 6.52. The Balaban J connectivity index is 0.00000242. The molecule has 0 aliphatic carbocycles. The van der Waals surface area contributed by atoms with Gasteiger partial charge in [0.05, 0.1) is 27.9 Å². The van der Waals surface area contributed by atoms with Crippen LogP contribution in [0.5, 0.6) is 0 Å². The SMILES string of the molecule is CC(C)(C)OC(=O)N1CC(c2ccoc2)C(S(=O)(=O)[O-])C1.[Na+]. The molecule has 0 aromatic carbocycles. The fourth-order valence-corrected chi connectivity index (χ4v) is 3.36. The Morgan fingerprint density at radius 2 is 2.05 bits per heavy atom. The van der Waals surface area contributed by atoms with E-state index in [9.17, 15) is 17.8 Å².